The zero-order valence-electron chi connectivity index (χ0n) is 9.89. The first-order chi connectivity index (χ1) is 8.08. The molecule has 0 saturated carbocycles. The molecule has 90 valence electrons. The zero-order valence-corrected chi connectivity index (χ0v) is 10.6. The number of aromatic hydroxyl groups is 1. The van der Waals surface area contributed by atoms with E-state index in [1.54, 1.807) is 12.3 Å². The Balaban J connectivity index is 2.26. The van der Waals surface area contributed by atoms with Gasteiger partial charge < -0.3 is 9.67 Å². The van der Waals surface area contributed by atoms with Crippen molar-refractivity contribution < 1.29 is 5.11 Å². The molecule has 0 fully saturated rings. The predicted octanol–water partition coefficient (Wildman–Crippen LogP) is 3.02. The Bertz CT molecular complexity index is 520. The Morgan fingerprint density at radius 3 is 2.76 bits per heavy atom. The van der Waals surface area contributed by atoms with Gasteiger partial charge in [0.2, 0.25) is 0 Å². The molecule has 0 aliphatic rings. The second-order valence-corrected chi connectivity index (χ2v) is 4.79. The minimum absolute atomic E-state index is 0.0943. The third-order valence-corrected chi connectivity index (χ3v) is 3.09. The number of imidazole rings is 1. The van der Waals surface area contributed by atoms with Crippen molar-refractivity contribution in [1.82, 2.24) is 9.55 Å². The average Bonchev–Trinajstić information content (AvgIpc) is 2.67. The van der Waals surface area contributed by atoms with E-state index in [0.717, 1.165) is 17.0 Å². The van der Waals surface area contributed by atoms with Crippen molar-refractivity contribution in [2.75, 3.05) is 0 Å². The van der Waals surface area contributed by atoms with Gasteiger partial charge in [-0.05, 0) is 18.6 Å². The molecule has 0 saturated heterocycles. The fourth-order valence-corrected chi connectivity index (χ4v) is 1.85. The molecule has 1 heterocycles. The van der Waals surface area contributed by atoms with Gasteiger partial charge in [-0.1, -0.05) is 12.1 Å². The Kier molecular flexibility index (Phi) is 3.38. The SMILES string of the molecule is CC(Cl)c1ccc(Cc2nccn2C)c(O)c1. The monoisotopic (exact) mass is 250 g/mol. The number of aryl methyl sites for hydroxylation is 1. The predicted molar refractivity (Wildman–Crippen MR) is 68.4 cm³/mol. The quantitative estimate of drug-likeness (QED) is 0.851. The van der Waals surface area contributed by atoms with E-state index < -0.39 is 0 Å². The van der Waals surface area contributed by atoms with Crippen LogP contribution in [0.15, 0.2) is 30.6 Å². The van der Waals surface area contributed by atoms with Crippen molar-refractivity contribution in [2.45, 2.75) is 18.7 Å². The maximum Gasteiger partial charge on any atom is 0.119 e. The number of halogens is 1. The van der Waals surface area contributed by atoms with Crippen LogP contribution in [0.1, 0.15) is 29.3 Å². The fourth-order valence-electron chi connectivity index (χ4n) is 1.71. The summed E-state index contributed by atoms with van der Waals surface area (Å²) in [5.41, 5.74) is 1.79. The van der Waals surface area contributed by atoms with Crippen LogP contribution in [-0.2, 0) is 13.5 Å². The first kappa shape index (κ1) is 12.0. The molecule has 1 aromatic heterocycles. The lowest BCUT2D eigenvalue weighted by Gasteiger charge is -2.08. The summed E-state index contributed by atoms with van der Waals surface area (Å²) in [6.45, 7) is 1.88. The lowest BCUT2D eigenvalue weighted by atomic mass is 10.1. The number of phenolic OH excluding ortho intramolecular Hbond substituents is 1. The smallest absolute Gasteiger partial charge is 0.119 e. The first-order valence-corrected chi connectivity index (χ1v) is 5.93. The molecule has 17 heavy (non-hydrogen) atoms. The molecule has 1 atom stereocenters. The summed E-state index contributed by atoms with van der Waals surface area (Å²) >= 11 is 5.97. The maximum absolute atomic E-state index is 9.93. The van der Waals surface area contributed by atoms with Gasteiger partial charge in [0.25, 0.3) is 0 Å². The normalized spacial score (nSPS) is 12.6. The molecule has 0 spiro atoms. The van der Waals surface area contributed by atoms with Gasteiger partial charge >= 0.3 is 0 Å². The van der Waals surface area contributed by atoms with Gasteiger partial charge in [-0.2, -0.15) is 0 Å². The van der Waals surface area contributed by atoms with Gasteiger partial charge in [0.05, 0.1) is 5.38 Å². The van der Waals surface area contributed by atoms with E-state index >= 15 is 0 Å². The molecule has 1 aromatic carbocycles. The number of hydrogen-bond acceptors (Lipinski definition) is 2. The molecule has 0 aliphatic heterocycles. The van der Waals surface area contributed by atoms with Crippen LogP contribution < -0.4 is 0 Å². The molecule has 0 aliphatic carbocycles. The molecule has 3 nitrogen and oxygen atoms in total. The molecule has 0 radical (unpaired) electrons. The van der Waals surface area contributed by atoms with E-state index in [1.165, 1.54) is 0 Å². The van der Waals surface area contributed by atoms with Crippen LogP contribution in [0.5, 0.6) is 5.75 Å². The van der Waals surface area contributed by atoms with E-state index in [0.29, 0.717) is 6.42 Å². The lowest BCUT2D eigenvalue weighted by Crippen LogP contribution is -1.99. The van der Waals surface area contributed by atoms with Gasteiger partial charge in [0, 0.05) is 31.4 Å². The van der Waals surface area contributed by atoms with Crippen molar-refractivity contribution in [3.63, 3.8) is 0 Å². The fraction of sp³-hybridized carbons (Fsp3) is 0.308. The van der Waals surface area contributed by atoms with Crippen LogP contribution in [0.2, 0.25) is 0 Å². The first-order valence-electron chi connectivity index (χ1n) is 5.50. The van der Waals surface area contributed by atoms with Crippen molar-refractivity contribution in [2.24, 2.45) is 7.05 Å². The van der Waals surface area contributed by atoms with Crippen molar-refractivity contribution >= 4 is 11.6 Å². The second kappa shape index (κ2) is 4.80. The van der Waals surface area contributed by atoms with E-state index in [2.05, 4.69) is 4.98 Å². The minimum Gasteiger partial charge on any atom is -0.508 e. The van der Waals surface area contributed by atoms with Crippen molar-refractivity contribution in [3.8, 4) is 5.75 Å². The third-order valence-electron chi connectivity index (χ3n) is 2.84. The molecule has 4 heteroatoms. The van der Waals surface area contributed by atoms with Crippen LogP contribution in [0.4, 0.5) is 0 Å². The maximum atomic E-state index is 9.93. The summed E-state index contributed by atoms with van der Waals surface area (Å²) in [5.74, 6) is 1.20. The number of aromatic nitrogens is 2. The number of alkyl halides is 1. The number of benzene rings is 1. The molecule has 1 unspecified atom stereocenters. The summed E-state index contributed by atoms with van der Waals surface area (Å²) in [5, 5.41) is 9.84. The highest BCUT2D eigenvalue weighted by atomic mass is 35.5. The topological polar surface area (TPSA) is 38.0 Å². The van der Waals surface area contributed by atoms with Gasteiger partial charge in [-0.15, -0.1) is 11.6 Å². The zero-order chi connectivity index (χ0) is 12.4. The van der Waals surface area contributed by atoms with Gasteiger partial charge in [0.15, 0.2) is 0 Å². The van der Waals surface area contributed by atoms with Gasteiger partial charge in [0.1, 0.15) is 11.6 Å². The summed E-state index contributed by atoms with van der Waals surface area (Å²) in [6, 6.07) is 5.56. The minimum atomic E-state index is -0.0943. The number of rotatable bonds is 3. The van der Waals surface area contributed by atoms with E-state index in [4.69, 9.17) is 11.6 Å². The van der Waals surface area contributed by atoms with Gasteiger partial charge in [-0.25, -0.2) is 4.98 Å². The summed E-state index contributed by atoms with van der Waals surface area (Å²) < 4.78 is 1.94. The van der Waals surface area contributed by atoms with Crippen LogP contribution in [0.25, 0.3) is 0 Å². The summed E-state index contributed by atoms with van der Waals surface area (Å²) in [4.78, 5) is 4.24. The Morgan fingerprint density at radius 1 is 1.47 bits per heavy atom. The van der Waals surface area contributed by atoms with Crippen molar-refractivity contribution in [1.29, 1.82) is 0 Å². The Labute approximate surface area is 106 Å². The van der Waals surface area contributed by atoms with E-state index in [-0.39, 0.29) is 11.1 Å². The molecular weight excluding hydrogens is 236 g/mol. The summed E-state index contributed by atoms with van der Waals surface area (Å²) in [7, 11) is 1.94. The average molecular weight is 251 g/mol. The molecule has 0 bridgehead atoms. The Morgan fingerprint density at radius 2 is 2.24 bits per heavy atom. The highest BCUT2D eigenvalue weighted by Gasteiger charge is 2.09. The molecular formula is C13H15ClN2O. The molecule has 0 amide bonds. The highest BCUT2D eigenvalue weighted by Crippen LogP contribution is 2.27. The van der Waals surface area contributed by atoms with Crippen LogP contribution in [-0.4, -0.2) is 14.7 Å². The molecule has 2 aromatic rings. The molecule has 1 N–H and O–H groups in total. The Hall–Kier alpha value is -1.48. The number of hydrogen-bond donors (Lipinski definition) is 1. The number of nitrogens with zero attached hydrogens (tertiary/aromatic N) is 2. The molecule has 2 rings (SSSR count). The lowest BCUT2D eigenvalue weighted by molar-refractivity contribution is 0.468. The van der Waals surface area contributed by atoms with E-state index in [9.17, 15) is 5.11 Å². The van der Waals surface area contributed by atoms with Crippen LogP contribution >= 0.6 is 11.6 Å². The second-order valence-electron chi connectivity index (χ2n) is 4.14. The highest BCUT2D eigenvalue weighted by molar-refractivity contribution is 6.20. The standard InChI is InChI=1S/C13H15ClN2O/c1-9(14)10-3-4-11(12(17)7-10)8-13-15-5-6-16(13)2/h3-7,9,17H,8H2,1-2H3. The van der Waals surface area contributed by atoms with Crippen LogP contribution in [0, 0.1) is 0 Å². The van der Waals surface area contributed by atoms with Gasteiger partial charge in [-0.3, -0.25) is 0 Å². The van der Waals surface area contributed by atoms with Crippen LogP contribution in [0.3, 0.4) is 0 Å². The summed E-state index contributed by atoms with van der Waals surface area (Å²) in [6.07, 6.45) is 4.26. The number of phenols is 1. The third kappa shape index (κ3) is 2.61. The van der Waals surface area contributed by atoms with E-state index in [1.807, 2.05) is 36.9 Å². The largest absolute Gasteiger partial charge is 0.508 e. The van der Waals surface area contributed by atoms with Crippen molar-refractivity contribution in [3.05, 3.63) is 47.5 Å².